The third-order valence-corrected chi connectivity index (χ3v) is 5.40. The Kier molecular flexibility index (Phi) is 4.99. The van der Waals surface area contributed by atoms with Gasteiger partial charge in [-0.1, -0.05) is 6.42 Å². The number of sulfonamides is 1. The number of piperidine rings is 1. The lowest BCUT2D eigenvalue weighted by Crippen LogP contribution is -2.44. The van der Waals surface area contributed by atoms with Gasteiger partial charge in [-0.25, -0.2) is 18.2 Å². The molecule has 1 aromatic rings. The second-order valence-electron chi connectivity index (χ2n) is 4.59. The van der Waals surface area contributed by atoms with Crippen molar-refractivity contribution < 1.29 is 18.3 Å². The zero-order valence-corrected chi connectivity index (χ0v) is 13.6. The van der Waals surface area contributed by atoms with Crippen molar-refractivity contribution in [2.45, 2.75) is 24.2 Å². The van der Waals surface area contributed by atoms with E-state index in [0.717, 1.165) is 19.3 Å². The highest BCUT2D eigenvalue weighted by molar-refractivity contribution is 14.1. The van der Waals surface area contributed by atoms with Gasteiger partial charge in [0.05, 0.1) is 10.5 Å². The Balaban J connectivity index is 2.24. The summed E-state index contributed by atoms with van der Waals surface area (Å²) < 4.78 is 25.0. The summed E-state index contributed by atoms with van der Waals surface area (Å²) in [6.07, 6.45) is 3.01. The van der Waals surface area contributed by atoms with Crippen LogP contribution < -0.4 is 4.83 Å². The van der Waals surface area contributed by atoms with Gasteiger partial charge < -0.3 is 5.11 Å². The van der Waals surface area contributed by atoms with Crippen molar-refractivity contribution in [1.82, 2.24) is 9.84 Å². The monoisotopic (exact) mass is 410 g/mol. The lowest BCUT2D eigenvalue weighted by molar-refractivity contribution is 0.0695. The number of carboxylic acid groups (broad SMARTS) is 1. The van der Waals surface area contributed by atoms with Crippen LogP contribution in [0.4, 0.5) is 0 Å². The molecule has 0 amide bonds. The Labute approximate surface area is 131 Å². The van der Waals surface area contributed by atoms with Crippen LogP contribution in [0, 0.1) is 3.57 Å². The number of hydrazine groups is 1. The standard InChI is InChI=1S/C12H15IN2O4S/c13-11-5-4-9(8-10(11)12(16)17)20(18,19)14-15-6-2-1-3-7-15/h4-5,8,14H,1-3,6-7H2,(H,16,17). The molecule has 0 unspecified atom stereocenters. The number of hydrogen-bond acceptors (Lipinski definition) is 4. The first-order chi connectivity index (χ1) is 9.40. The van der Waals surface area contributed by atoms with Crippen molar-refractivity contribution in [3.63, 3.8) is 0 Å². The van der Waals surface area contributed by atoms with E-state index in [1.165, 1.54) is 18.2 Å². The summed E-state index contributed by atoms with van der Waals surface area (Å²) >= 11 is 1.87. The lowest BCUT2D eigenvalue weighted by atomic mass is 10.2. The van der Waals surface area contributed by atoms with E-state index in [9.17, 15) is 13.2 Å². The maximum Gasteiger partial charge on any atom is 0.336 e. The predicted molar refractivity (Wildman–Crippen MR) is 81.9 cm³/mol. The van der Waals surface area contributed by atoms with Crippen LogP contribution in [0.5, 0.6) is 0 Å². The molecule has 20 heavy (non-hydrogen) atoms. The maximum absolute atomic E-state index is 12.2. The summed E-state index contributed by atoms with van der Waals surface area (Å²) in [4.78, 5) is 13.5. The van der Waals surface area contributed by atoms with Gasteiger partial charge >= 0.3 is 5.97 Å². The van der Waals surface area contributed by atoms with Gasteiger partial charge in [-0.2, -0.15) is 0 Å². The largest absolute Gasteiger partial charge is 0.478 e. The van der Waals surface area contributed by atoms with Gasteiger partial charge in [0.2, 0.25) is 0 Å². The Hall–Kier alpha value is -0.710. The topological polar surface area (TPSA) is 86.7 Å². The van der Waals surface area contributed by atoms with Crippen LogP contribution in [0.1, 0.15) is 29.6 Å². The van der Waals surface area contributed by atoms with Crippen LogP contribution in [0.15, 0.2) is 23.1 Å². The molecular formula is C12H15IN2O4S. The molecule has 0 radical (unpaired) electrons. The molecule has 2 N–H and O–H groups in total. The number of nitrogens with zero attached hydrogens (tertiary/aromatic N) is 1. The van der Waals surface area contributed by atoms with Crippen molar-refractivity contribution in [2.24, 2.45) is 0 Å². The number of nitrogens with one attached hydrogen (secondary N) is 1. The second-order valence-corrected chi connectivity index (χ2v) is 7.41. The number of aromatic carboxylic acids is 1. The predicted octanol–water partition coefficient (Wildman–Crippen LogP) is 1.67. The highest BCUT2D eigenvalue weighted by atomic mass is 127. The van der Waals surface area contributed by atoms with Crippen LogP contribution in [0.25, 0.3) is 0 Å². The number of carbonyl (C=O) groups is 1. The van der Waals surface area contributed by atoms with Crippen molar-refractivity contribution in [3.05, 3.63) is 27.3 Å². The van der Waals surface area contributed by atoms with Gasteiger partial charge in [-0.3, -0.25) is 0 Å². The molecule has 1 heterocycles. The van der Waals surface area contributed by atoms with E-state index in [2.05, 4.69) is 4.83 Å². The fourth-order valence-corrected chi connectivity index (χ4v) is 3.76. The van der Waals surface area contributed by atoms with E-state index in [1.807, 2.05) is 22.6 Å². The van der Waals surface area contributed by atoms with Gasteiger partial charge in [0.1, 0.15) is 0 Å². The SMILES string of the molecule is O=C(O)c1cc(S(=O)(=O)NN2CCCCC2)ccc1I. The number of carboxylic acids is 1. The Morgan fingerprint density at radius 1 is 1.25 bits per heavy atom. The quantitative estimate of drug-likeness (QED) is 0.738. The van der Waals surface area contributed by atoms with Crippen molar-refractivity contribution >= 4 is 38.6 Å². The average Bonchev–Trinajstić information content (AvgIpc) is 2.39. The summed E-state index contributed by atoms with van der Waals surface area (Å²) in [6.45, 7) is 1.35. The van der Waals surface area contributed by atoms with E-state index in [1.54, 1.807) is 5.01 Å². The minimum absolute atomic E-state index is 0.00730. The van der Waals surface area contributed by atoms with Crippen LogP contribution in [-0.2, 0) is 10.0 Å². The van der Waals surface area contributed by atoms with Gasteiger partial charge in [0, 0.05) is 16.7 Å². The highest BCUT2D eigenvalue weighted by Crippen LogP contribution is 2.18. The summed E-state index contributed by atoms with van der Waals surface area (Å²) in [5.41, 5.74) is -0.00730. The molecule has 8 heteroatoms. The van der Waals surface area contributed by atoms with Crippen molar-refractivity contribution in [1.29, 1.82) is 0 Å². The van der Waals surface area contributed by atoms with E-state index < -0.39 is 16.0 Å². The maximum atomic E-state index is 12.2. The zero-order chi connectivity index (χ0) is 14.8. The number of halogens is 1. The molecule has 0 spiro atoms. The normalized spacial score (nSPS) is 17.1. The first kappa shape index (κ1) is 15.7. The number of benzene rings is 1. The molecule has 110 valence electrons. The summed E-state index contributed by atoms with van der Waals surface area (Å²) in [5, 5.41) is 10.7. The van der Waals surface area contributed by atoms with E-state index in [4.69, 9.17) is 5.11 Å². The fraction of sp³-hybridized carbons (Fsp3) is 0.417. The van der Waals surface area contributed by atoms with Crippen molar-refractivity contribution in [2.75, 3.05) is 13.1 Å². The third-order valence-electron chi connectivity index (χ3n) is 3.08. The molecule has 0 saturated carbocycles. The molecule has 1 aliphatic rings. The fourth-order valence-electron chi connectivity index (χ4n) is 2.04. The molecule has 6 nitrogen and oxygen atoms in total. The third kappa shape index (κ3) is 3.68. The molecule has 1 fully saturated rings. The van der Waals surface area contributed by atoms with Crippen molar-refractivity contribution in [3.8, 4) is 0 Å². The molecule has 0 atom stereocenters. The summed E-state index contributed by atoms with van der Waals surface area (Å²) in [5.74, 6) is -1.13. The van der Waals surface area contributed by atoms with Crippen LogP contribution in [0.3, 0.4) is 0 Å². The molecule has 0 aromatic heterocycles. The van der Waals surface area contributed by atoms with E-state index >= 15 is 0 Å². The molecule has 2 rings (SSSR count). The van der Waals surface area contributed by atoms with Crippen LogP contribution >= 0.6 is 22.6 Å². The summed E-state index contributed by atoms with van der Waals surface area (Å²) in [6, 6.07) is 4.10. The molecule has 1 aliphatic heterocycles. The lowest BCUT2D eigenvalue weighted by Gasteiger charge is -2.26. The van der Waals surface area contributed by atoms with Gasteiger partial charge in [-0.15, -0.1) is 4.83 Å². The van der Waals surface area contributed by atoms with Gasteiger partial charge in [-0.05, 0) is 53.6 Å². The zero-order valence-electron chi connectivity index (χ0n) is 10.7. The first-order valence-corrected chi connectivity index (χ1v) is 8.76. The van der Waals surface area contributed by atoms with Gasteiger partial charge in [0.25, 0.3) is 10.0 Å². The molecular weight excluding hydrogens is 395 g/mol. The minimum Gasteiger partial charge on any atom is -0.478 e. The minimum atomic E-state index is -3.72. The van der Waals surface area contributed by atoms with Crippen LogP contribution in [-0.4, -0.2) is 37.6 Å². The smallest absolute Gasteiger partial charge is 0.336 e. The molecule has 1 aromatic carbocycles. The Morgan fingerprint density at radius 3 is 2.50 bits per heavy atom. The number of hydrogen-bond donors (Lipinski definition) is 2. The molecule has 0 aliphatic carbocycles. The van der Waals surface area contributed by atoms with E-state index in [-0.39, 0.29) is 10.5 Å². The molecule has 0 bridgehead atoms. The Morgan fingerprint density at radius 2 is 1.90 bits per heavy atom. The Bertz CT molecular complexity index is 612. The molecule has 1 saturated heterocycles. The first-order valence-electron chi connectivity index (χ1n) is 6.20. The average molecular weight is 410 g/mol. The van der Waals surface area contributed by atoms with Gasteiger partial charge in [0.15, 0.2) is 0 Å². The highest BCUT2D eigenvalue weighted by Gasteiger charge is 2.21. The summed E-state index contributed by atoms with van der Waals surface area (Å²) in [7, 11) is -3.72. The number of rotatable bonds is 4. The van der Waals surface area contributed by atoms with Crippen LogP contribution in [0.2, 0.25) is 0 Å². The second kappa shape index (κ2) is 6.37. The van der Waals surface area contributed by atoms with E-state index in [0.29, 0.717) is 16.7 Å².